The third-order valence-electron chi connectivity index (χ3n) is 3.62. The Kier molecular flexibility index (Phi) is 6.06. The second-order valence-electron chi connectivity index (χ2n) is 5.50. The molecule has 1 N–H and O–H groups in total. The van der Waals surface area contributed by atoms with E-state index in [1.54, 1.807) is 30.3 Å². The molecule has 0 bridgehead atoms. The molecule has 0 fully saturated rings. The van der Waals surface area contributed by atoms with Crippen LogP contribution in [0.1, 0.15) is 17.1 Å². The Morgan fingerprint density at radius 3 is 2.74 bits per heavy atom. The Balaban J connectivity index is 1.53. The standard InChI is InChI=1S/C19H16ClN3O4/c20-17-6-2-1-5-14(17)11-21-22-12-15-9-10-16(27-15)13-26-19-8-4-3-7-18(19)23(24)25/h1-10,12,21H,11,13H2/b22-12-. The van der Waals surface area contributed by atoms with Gasteiger partial charge in [0, 0.05) is 11.1 Å². The van der Waals surface area contributed by atoms with Crippen LogP contribution < -0.4 is 10.2 Å². The van der Waals surface area contributed by atoms with Gasteiger partial charge in [-0.05, 0) is 29.8 Å². The number of nitro benzene ring substituents is 1. The Hall–Kier alpha value is -3.32. The van der Waals surface area contributed by atoms with Gasteiger partial charge in [0.15, 0.2) is 5.75 Å². The number of nitrogens with one attached hydrogen (secondary N) is 1. The smallest absolute Gasteiger partial charge is 0.310 e. The maximum Gasteiger partial charge on any atom is 0.310 e. The molecule has 8 heteroatoms. The SMILES string of the molecule is O=[N+]([O-])c1ccccc1OCc1ccc(/C=N\NCc2ccccc2Cl)o1. The molecule has 0 spiro atoms. The van der Waals surface area contributed by atoms with E-state index in [1.807, 2.05) is 24.3 Å². The van der Waals surface area contributed by atoms with Gasteiger partial charge in [-0.15, -0.1) is 0 Å². The molecule has 0 aliphatic carbocycles. The summed E-state index contributed by atoms with van der Waals surface area (Å²) >= 11 is 6.07. The highest BCUT2D eigenvalue weighted by molar-refractivity contribution is 6.31. The zero-order valence-corrected chi connectivity index (χ0v) is 14.9. The molecular weight excluding hydrogens is 370 g/mol. The van der Waals surface area contributed by atoms with Gasteiger partial charge >= 0.3 is 5.69 Å². The zero-order chi connectivity index (χ0) is 19.1. The van der Waals surface area contributed by atoms with Gasteiger partial charge in [0.2, 0.25) is 0 Å². The molecule has 1 aromatic heterocycles. The van der Waals surface area contributed by atoms with Gasteiger partial charge in [0.05, 0.1) is 17.7 Å². The Morgan fingerprint density at radius 2 is 1.93 bits per heavy atom. The van der Waals surface area contributed by atoms with Crippen LogP contribution in [-0.4, -0.2) is 11.1 Å². The summed E-state index contributed by atoms with van der Waals surface area (Å²) in [6.07, 6.45) is 1.53. The molecule has 7 nitrogen and oxygen atoms in total. The molecule has 138 valence electrons. The van der Waals surface area contributed by atoms with Crippen molar-refractivity contribution in [2.75, 3.05) is 0 Å². The van der Waals surface area contributed by atoms with E-state index in [4.69, 9.17) is 20.8 Å². The third kappa shape index (κ3) is 5.08. The summed E-state index contributed by atoms with van der Waals surface area (Å²) in [5.41, 5.74) is 3.75. The van der Waals surface area contributed by atoms with Gasteiger partial charge in [-0.2, -0.15) is 5.10 Å². The lowest BCUT2D eigenvalue weighted by Gasteiger charge is -2.04. The average molecular weight is 386 g/mol. The number of para-hydroxylation sites is 2. The molecule has 0 atom stereocenters. The number of hydrogen-bond donors (Lipinski definition) is 1. The van der Waals surface area contributed by atoms with Crippen LogP contribution in [0.5, 0.6) is 5.75 Å². The van der Waals surface area contributed by atoms with Crippen LogP contribution in [0.3, 0.4) is 0 Å². The minimum atomic E-state index is -0.486. The van der Waals surface area contributed by atoms with E-state index in [2.05, 4.69) is 10.5 Å². The van der Waals surface area contributed by atoms with E-state index in [9.17, 15) is 10.1 Å². The van der Waals surface area contributed by atoms with Gasteiger partial charge in [-0.1, -0.05) is 41.9 Å². The van der Waals surface area contributed by atoms with Crippen LogP contribution in [-0.2, 0) is 13.2 Å². The largest absolute Gasteiger partial charge is 0.479 e. The van der Waals surface area contributed by atoms with Crippen molar-refractivity contribution in [3.63, 3.8) is 0 Å². The summed E-state index contributed by atoms with van der Waals surface area (Å²) in [6, 6.07) is 17.2. The van der Waals surface area contributed by atoms with Crippen molar-refractivity contribution in [3.05, 3.63) is 92.9 Å². The number of nitrogens with zero attached hydrogens (tertiary/aromatic N) is 2. The molecule has 0 radical (unpaired) electrons. The molecule has 3 rings (SSSR count). The minimum absolute atomic E-state index is 0.0751. The number of benzene rings is 2. The minimum Gasteiger partial charge on any atom is -0.479 e. The molecule has 0 unspecified atom stereocenters. The maximum atomic E-state index is 11.0. The lowest BCUT2D eigenvalue weighted by Crippen LogP contribution is -2.05. The van der Waals surface area contributed by atoms with Gasteiger partial charge in [0.25, 0.3) is 0 Å². The van der Waals surface area contributed by atoms with Crippen LogP contribution in [0.4, 0.5) is 5.69 Å². The average Bonchev–Trinajstić information content (AvgIpc) is 3.13. The second kappa shape index (κ2) is 8.86. The highest BCUT2D eigenvalue weighted by atomic mass is 35.5. The van der Waals surface area contributed by atoms with E-state index < -0.39 is 4.92 Å². The first-order chi connectivity index (χ1) is 13.1. The monoisotopic (exact) mass is 385 g/mol. The molecule has 1 heterocycles. The second-order valence-corrected chi connectivity index (χ2v) is 5.91. The molecule has 27 heavy (non-hydrogen) atoms. The molecule has 2 aromatic carbocycles. The van der Waals surface area contributed by atoms with Crippen LogP contribution in [0, 0.1) is 10.1 Å². The van der Waals surface area contributed by atoms with Gasteiger partial charge in [0.1, 0.15) is 18.1 Å². The van der Waals surface area contributed by atoms with Crippen molar-refractivity contribution in [2.45, 2.75) is 13.2 Å². The van der Waals surface area contributed by atoms with E-state index in [1.165, 1.54) is 12.3 Å². The van der Waals surface area contributed by atoms with Crippen molar-refractivity contribution >= 4 is 23.5 Å². The molecule has 0 aliphatic rings. The lowest BCUT2D eigenvalue weighted by molar-refractivity contribution is -0.386. The first-order valence-electron chi connectivity index (χ1n) is 8.08. The number of ether oxygens (including phenoxy) is 1. The summed E-state index contributed by atoms with van der Waals surface area (Å²) < 4.78 is 11.1. The number of hydrazone groups is 1. The maximum absolute atomic E-state index is 11.0. The summed E-state index contributed by atoms with van der Waals surface area (Å²) in [6.45, 7) is 0.566. The van der Waals surface area contributed by atoms with Crippen LogP contribution in [0.25, 0.3) is 0 Å². The summed E-state index contributed by atoms with van der Waals surface area (Å²) in [7, 11) is 0. The van der Waals surface area contributed by atoms with Crippen molar-refractivity contribution in [2.24, 2.45) is 5.10 Å². The Morgan fingerprint density at radius 1 is 1.15 bits per heavy atom. The highest BCUT2D eigenvalue weighted by Crippen LogP contribution is 2.26. The quantitative estimate of drug-likeness (QED) is 0.349. The van der Waals surface area contributed by atoms with Gasteiger partial charge < -0.3 is 14.6 Å². The fourth-order valence-corrected chi connectivity index (χ4v) is 2.50. The predicted molar refractivity (Wildman–Crippen MR) is 102 cm³/mol. The third-order valence-corrected chi connectivity index (χ3v) is 3.99. The fraction of sp³-hybridized carbons (Fsp3) is 0.105. The molecule has 0 amide bonds. The summed E-state index contributed by atoms with van der Waals surface area (Å²) in [5.74, 6) is 1.25. The summed E-state index contributed by atoms with van der Waals surface area (Å²) in [5, 5.41) is 15.7. The van der Waals surface area contributed by atoms with E-state index in [-0.39, 0.29) is 18.0 Å². The molecule has 3 aromatic rings. The topological polar surface area (TPSA) is 89.9 Å². The molecule has 0 saturated heterocycles. The fourth-order valence-electron chi connectivity index (χ4n) is 2.30. The van der Waals surface area contributed by atoms with Gasteiger partial charge in [-0.25, -0.2) is 0 Å². The molecule has 0 aliphatic heterocycles. The summed E-state index contributed by atoms with van der Waals surface area (Å²) in [4.78, 5) is 10.5. The lowest BCUT2D eigenvalue weighted by atomic mass is 10.2. The number of rotatable bonds is 8. The molecule has 0 saturated carbocycles. The van der Waals surface area contributed by atoms with E-state index in [0.717, 1.165) is 5.56 Å². The van der Waals surface area contributed by atoms with Crippen LogP contribution in [0.15, 0.2) is 70.2 Å². The van der Waals surface area contributed by atoms with Crippen molar-refractivity contribution < 1.29 is 14.1 Å². The van der Waals surface area contributed by atoms with E-state index in [0.29, 0.717) is 23.1 Å². The normalized spacial score (nSPS) is 10.9. The van der Waals surface area contributed by atoms with Crippen LogP contribution in [0.2, 0.25) is 5.02 Å². The van der Waals surface area contributed by atoms with Crippen LogP contribution >= 0.6 is 11.6 Å². The number of hydrogen-bond acceptors (Lipinski definition) is 6. The number of halogens is 1. The first-order valence-corrected chi connectivity index (χ1v) is 8.45. The zero-order valence-electron chi connectivity index (χ0n) is 14.2. The number of nitro groups is 1. The predicted octanol–water partition coefficient (Wildman–Crippen LogP) is 4.54. The van der Waals surface area contributed by atoms with Gasteiger partial charge in [-0.3, -0.25) is 10.1 Å². The Labute approximate surface area is 160 Å². The van der Waals surface area contributed by atoms with E-state index >= 15 is 0 Å². The van der Waals surface area contributed by atoms with Crippen molar-refractivity contribution in [1.29, 1.82) is 0 Å². The molecular formula is C19H16ClN3O4. The Bertz CT molecular complexity index is 955. The van der Waals surface area contributed by atoms with Crippen molar-refractivity contribution in [1.82, 2.24) is 5.43 Å². The number of furan rings is 1. The highest BCUT2D eigenvalue weighted by Gasteiger charge is 2.14. The first kappa shape index (κ1) is 18.5. The van der Waals surface area contributed by atoms with Crippen molar-refractivity contribution in [3.8, 4) is 5.75 Å².